The first-order valence-electron chi connectivity index (χ1n) is 9.59. The van der Waals surface area contributed by atoms with E-state index in [1.54, 1.807) is 10.9 Å². The number of hydrogen-bond donors (Lipinski definition) is 1. The third-order valence-corrected chi connectivity index (χ3v) is 4.82. The minimum absolute atomic E-state index is 0.0837. The maximum Gasteiger partial charge on any atom is 0.244 e. The van der Waals surface area contributed by atoms with Crippen LogP contribution < -0.4 is 5.32 Å². The van der Waals surface area contributed by atoms with E-state index in [9.17, 15) is 4.79 Å². The lowest BCUT2D eigenvalue weighted by atomic mass is 10.1. The van der Waals surface area contributed by atoms with Crippen molar-refractivity contribution in [3.63, 3.8) is 0 Å². The van der Waals surface area contributed by atoms with Gasteiger partial charge in [0.1, 0.15) is 6.04 Å². The Bertz CT molecular complexity index is 1100. The van der Waals surface area contributed by atoms with Crippen molar-refractivity contribution in [3.8, 4) is 16.9 Å². The molecule has 0 bridgehead atoms. The monoisotopic (exact) mass is 385 g/mol. The van der Waals surface area contributed by atoms with Crippen LogP contribution in [0, 0.1) is 6.92 Å². The second kappa shape index (κ2) is 8.14. The Kier molecular flexibility index (Phi) is 5.24. The number of rotatable bonds is 6. The normalized spacial score (nSPS) is 11.9. The smallest absolute Gasteiger partial charge is 0.244 e. The van der Waals surface area contributed by atoms with Crippen LogP contribution in [0.15, 0.2) is 79.3 Å². The Balaban J connectivity index is 1.58. The maximum absolute atomic E-state index is 12.7. The Morgan fingerprint density at radius 3 is 2.38 bits per heavy atom. The molecule has 1 amide bonds. The molecule has 4 rings (SSSR count). The summed E-state index contributed by atoms with van der Waals surface area (Å²) in [6.45, 7) is 4.19. The van der Waals surface area contributed by atoms with Crippen LogP contribution in [-0.2, 0) is 11.3 Å². The SMILES string of the molecule is Cc1cnn(C(C)C(=O)NCc2cn(-c3ccccc3)nc2-c2ccccc2)c1. The molecule has 1 atom stereocenters. The molecule has 1 unspecified atom stereocenters. The quantitative estimate of drug-likeness (QED) is 0.547. The predicted molar refractivity (Wildman–Crippen MR) is 113 cm³/mol. The van der Waals surface area contributed by atoms with Crippen molar-refractivity contribution in [2.45, 2.75) is 26.4 Å². The first kappa shape index (κ1) is 18.7. The molecule has 6 nitrogen and oxygen atoms in total. The molecule has 0 saturated carbocycles. The molecular formula is C23H23N5O. The van der Waals surface area contributed by atoms with Crippen LogP contribution in [-0.4, -0.2) is 25.5 Å². The third kappa shape index (κ3) is 4.11. The molecule has 2 heterocycles. The highest BCUT2D eigenvalue weighted by Crippen LogP contribution is 2.23. The van der Waals surface area contributed by atoms with E-state index in [1.165, 1.54) is 0 Å². The molecule has 0 radical (unpaired) electrons. The largest absolute Gasteiger partial charge is 0.350 e. The molecule has 0 aliphatic heterocycles. The van der Waals surface area contributed by atoms with E-state index in [4.69, 9.17) is 5.10 Å². The molecule has 146 valence electrons. The molecule has 0 saturated heterocycles. The first-order valence-corrected chi connectivity index (χ1v) is 9.59. The Morgan fingerprint density at radius 2 is 1.72 bits per heavy atom. The van der Waals surface area contributed by atoms with Gasteiger partial charge >= 0.3 is 0 Å². The van der Waals surface area contributed by atoms with E-state index in [-0.39, 0.29) is 11.9 Å². The molecule has 0 fully saturated rings. The number of amides is 1. The summed E-state index contributed by atoms with van der Waals surface area (Å²) >= 11 is 0. The van der Waals surface area contributed by atoms with Crippen molar-refractivity contribution in [3.05, 3.63) is 90.4 Å². The maximum atomic E-state index is 12.7. The summed E-state index contributed by atoms with van der Waals surface area (Å²) in [4.78, 5) is 12.7. The molecule has 0 aliphatic rings. The van der Waals surface area contributed by atoms with Gasteiger partial charge in [-0.3, -0.25) is 9.48 Å². The van der Waals surface area contributed by atoms with E-state index in [1.807, 2.05) is 91.6 Å². The molecule has 2 aromatic heterocycles. The van der Waals surface area contributed by atoms with Gasteiger partial charge in [0, 0.05) is 30.1 Å². The number of carbonyl (C=O) groups excluding carboxylic acids is 1. The summed E-state index contributed by atoms with van der Waals surface area (Å²) in [5.74, 6) is -0.0837. The van der Waals surface area contributed by atoms with Crippen LogP contribution in [0.25, 0.3) is 16.9 Å². The molecule has 2 aromatic carbocycles. The van der Waals surface area contributed by atoms with Crippen LogP contribution in [0.5, 0.6) is 0 Å². The van der Waals surface area contributed by atoms with E-state index in [0.717, 1.165) is 28.1 Å². The van der Waals surface area contributed by atoms with E-state index in [0.29, 0.717) is 6.54 Å². The lowest BCUT2D eigenvalue weighted by Gasteiger charge is -2.12. The van der Waals surface area contributed by atoms with Crippen LogP contribution >= 0.6 is 0 Å². The van der Waals surface area contributed by atoms with Crippen LogP contribution in [0.4, 0.5) is 0 Å². The average molecular weight is 385 g/mol. The standard InChI is InChI=1S/C23H23N5O/c1-17-13-25-27(15-17)18(2)23(29)24-14-20-16-28(21-11-7-4-8-12-21)26-22(20)19-9-5-3-6-10-19/h3-13,15-16,18H,14H2,1-2H3,(H,24,29). The summed E-state index contributed by atoms with van der Waals surface area (Å²) in [5, 5.41) is 12.1. The van der Waals surface area contributed by atoms with Gasteiger partial charge in [-0.15, -0.1) is 0 Å². The molecule has 1 N–H and O–H groups in total. The zero-order valence-electron chi connectivity index (χ0n) is 16.5. The number of carbonyl (C=O) groups is 1. The van der Waals surface area contributed by atoms with Crippen LogP contribution in [0.1, 0.15) is 24.1 Å². The van der Waals surface area contributed by atoms with Crippen molar-refractivity contribution >= 4 is 5.91 Å². The summed E-state index contributed by atoms with van der Waals surface area (Å²) in [6, 6.07) is 19.6. The van der Waals surface area contributed by atoms with E-state index >= 15 is 0 Å². The van der Waals surface area contributed by atoms with Gasteiger partial charge in [0.25, 0.3) is 0 Å². The lowest BCUT2D eigenvalue weighted by Crippen LogP contribution is -2.30. The second-order valence-corrected chi connectivity index (χ2v) is 7.04. The summed E-state index contributed by atoms with van der Waals surface area (Å²) in [7, 11) is 0. The average Bonchev–Trinajstić information content (AvgIpc) is 3.39. The highest BCUT2D eigenvalue weighted by Gasteiger charge is 2.18. The van der Waals surface area contributed by atoms with E-state index in [2.05, 4.69) is 10.4 Å². The number of aromatic nitrogens is 4. The van der Waals surface area contributed by atoms with Gasteiger partial charge in [0.2, 0.25) is 5.91 Å². The third-order valence-electron chi connectivity index (χ3n) is 4.82. The Morgan fingerprint density at radius 1 is 1.03 bits per heavy atom. The van der Waals surface area contributed by atoms with Crippen molar-refractivity contribution in [1.29, 1.82) is 0 Å². The van der Waals surface area contributed by atoms with Gasteiger partial charge in [0.15, 0.2) is 0 Å². The van der Waals surface area contributed by atoms with Crippen molar-refractivity contribution < 1.29 is 4.79 Å². The number of para-hydroxylation sites is 1. The highest BCUT2D eigenvalue weighted by atomic mass is 16.2. The molecule has 0 aliphatic carbocycles. The zero-order chi connectivity index (χ0) is 20.2. The molecule has 0 spiro atoms. The van der Waals surface area contributed by atoms with Crippen LogP contribution in [0.3, 0.4) is 0 Å². The summed E-state index contributed by atoms with van der Waals surface area (Å²) in [5.41, 5.74) is 4.83. The molecule has 29 heavy (non-hydrogen) atoms. The Hall–Kier alpha value is -3.67. The molecule has 4 aromatic rings. The zero-order valence-corrected chi connectivity index (χ0v) is 16.5. The first-order chi connectivity index (χ1) is 14.1. The number of benzene rings is 2. The fourth-order valence-electron chi connectivity index (χ4n) is 3.19. The van der Waals surface area contributed by atoms with Gasteiger partial charge in [-0.1, -0.05) is 48.5 Å². The highest BCUT2D eigenvalue weighted by molar-refractivity contribution is 5.80. The minimum atomic E-state index is -0.381. The van der Waals surface area contributed by atoms with Gasteiger partial charge in [-0.05, 0) is 31.5 Å². The van der Waals surface area contributed by atoms with E-state index < -0.39 is 0 Å². The topological polar surface area (TPSA) is 64.7 Å². The number of aryl methyl sites for hydroxylation is 1. The fourth-order valence-corrected chi connectivity index (χ4v) is 3.19. The molecule has 6 heteroatoms. The summed E-state index contributed by atoms with van der Waals surface area (Å²) < 4.78 is 3.53. The van der Waals surface area contributed by atoms with Gasteiger partial charge in [0.05, 0.1) is 17.6 Å². The fraction of sp³-hybridized carbons (Fsp3) is 0.174. The number of nitrogens with one attached hydrogen (secondary N) is 1. The van der Waals surface area contributed by atoms with Crippen molar-refractivity contribution in [1.82, 2.24) is 24.9 Å². The van der Waals surface area contributed by atoms with Crippen LogP contribution in [0.2, 0.25) is 0 Å². The van der Waals surface area contributed by atoms with Gasteiger partial charge in [-0.2, -0.15) is 10.2 Å². The summed E-state index contributed by atoms with van der Waals surface area (Å²) in [6.07, 6.45) is 5.59. The second-order valence-electron chi connectivity index (χ2n) is 7.04. The van der Waals surface area contributed by atoms with Gasteiger partial charge in [-0.25, -0.2) is 4.68 Å². The number of nitrogens with zero attached hydrogens (tertiary/aromatic N) is 4. The predicted octanol–water partition coefficient (Wildman–Crippen LogP) is 3.92. The number of hydrogen-bond acceptors (Lipinski definition) is 3. The van der Waals surface area contributed by atoms with Gasteiger partial charge < -0.3 is 5.32 Å². The van der Waals surface area contributed by atoms with Crippen molar-refractivity contribution in [2.75, 3.05) is 0 Å². The lowest BCUT2D eigenvalue weighted by molar-refractivity contribution is -0.124. The molecular weight excluding hydrogens is 362 g/mol. The van der Waals surface area contributed by atoms with Crippen molar-refractivity contribution in [2.24, 2.45) is 0 Å². The minimum Gasteiger partial charge on any atom is -0.350 e. The Labute approximate surface area is 169 Å².